The fraction of sp³-hybridized carbons (Fsp3) is 0.357. The first-order valence-corrected chi connectivity index (χ1v) is 5.77. The Bertz CT molecular complexity index is 566. The molecule has 0 bridgehead atoms. The van der Waals surface area contributed by atoms with E-state index in [1.54, 1.807) is 0 Å². The second-order valence-electron chi connectivity index (χ2n) is 4.46. The fourth-order valence-electron chi connectivity index (χ4n) is 1.99. The molecule has 16 heavy (non-hydrogen) atoms. The average molecular weight is 215 g/mol. The van der Waals surface area contributed by atoms with Crippen molar-refractivity contribution < 1.29 is 0 Å². The molecule has 0 spiro atoms. The number of hydrogen-bond acceptors (Lipinski definition) is 1. The van der Waals surface area contributed by atoms with Crippen molar-refractivity contribution in [2.24, 2.45) is 0 Å². The Hall–Kier alpha value is -1.57. The number of H-pyrrole nitrogens is 1. The largest absolute Gasteiger partial charge is 0.328 e. The lowest BCUT2D eigenvalue weighted by molar-refractivity contribution is 0.868. The molecule has 0 radical (unpaired) electrons. The summed E-state index contributed by atoms with van der Waals surface area (Å²) in [7, 11) is 0. The van der Waals surface area contributed by atoms with E-state index in [1.807, 2.05) is 12.3 Å². The van der Waals surface area contributed by atoms with Crippen LogP contribution in [0.1, 0.15) is 37.8 Å². The van der Waals surface area contributed by atoms with Crippen molar-refractivity contribution >= 4 is 10.8 Å². The van der Waals surface area contributed by atoms with E-state index >= 15 is 0 Å². The topological polar surface area (TPSA) is 32.9 Å². The maximum Gasteiger partial charge on any atom is 0.255 e. The first-order chi connectivity index (χ1) is 7.63. The quantitative estimate of drug-likeness (QED) is 0.819. The van der Waals surface area contributed by atoms with Gasteiger partial charge in [-0.25, -0.2) is 0 Å². The summed E-state index contributed by atoms with van der Waals surface area (Å²) in [5.41, 5.74) is 2.42. The minimum Gasteiger partial charge on any atom is -0.328 e. The van der Waals surface area contributed by atoms with Crippen molar-refractivity contribution in [3.63, 3.8) is 0 Å². The summed E-state index contributed by atoms with van der Waals surface area (Å²) in [6.07, 6.45) is 2.76. The van der Waals surface area contributed by atoms with Crippen molar-refractivity contribution in [2.45, 2.75) is 33.1 Å². The highest BCUT2D eigenvalue weighted by Gasteiger charge is 2.06. The number of hydrogen-bond donors (Lipinski definition) is 1. The number of aryl methyl sites for hydroxylation is 1. The van der Waals surface area contributed by atoms with E-state index in [1.165, 1.54) is 11.1 Å². The molecular weight excluding hydrogens is 198 g/mol. The van der Waals surface area contributed by atoms with Gasteiger partial charge in [-0.1, -0.05) is 32.9 Å². The predicted molar refractivity (Wildman–Crippen MR) is 68.0 cm³/mol. The van der Waals surface area contributed by atoms with Gasteiger partial charge < -0.3 is 4.98 Å². The zero-order valence-electron chi connectivity index (χ0n) is 10.0. The van der Waals surface area contributed by atoms with E-state index in [2.05, 4.69) is 37.9 Å². The Morgan fingerprint density at radius 2 is 2.00 bits per heavy atom. The third-order valence-corrected chi connectivity index (χ3v) is 3.06. The van der Waals surface area contributed by atoms with E-state index in [4.69, 9.17) is 0 Å². The maximum atomic E-state index is 11.8. The van der Waals surface area contributed by atoms with Crippen LogP contribution in [-0.4, -0.2) is 4.98 Å². The van der Waals surface area contributed by atoms with Crippen molar-refractivity contribution in [1.82, 2.24) is 4.98 Å². The van der Waals surface area contributed by atoms with Crippen molar-refractivity contribution in [3.05, 3.63) is 45.9 Å². The molecule has 1 N–H and O–H groups in total. The summed E-state index contributed by atoms with van der Waals surface area (Å²) in [4.78, 5) is 14.6. The van der Waals surface area contributed by atoms with Crippen LogP contribution in [0.25, 0.3) is 10.8 Å². The minimum atomic E-state index is 0.00898. The van der Waals surface area contributed by atoms with Crippen LogP contribution in [0.5, 0.6) is 0 Å². The number of pyridine rings is 1. The summed E-state index contributed by atoms with van der Waals surface area (Å²) in [5, 5.41) is 1.89. The normalized spacial score (nSPS) is 11.2. The Morgan fingerprint density at radius 3 is 2.62 bits per heavy atom. The van der Waals surface area contributed by atoms with Crippen molar-refractivity contribution in [1.29, 1.82) is 0 Å². The van der Waals surface area contributed by atoms with Gasteiger partial charge in [0.1, 0.15) is 0 Å². The van der Waals surface area contributed by atoms with Gasteiger partial charge in [-0.2, -0.15) is 0 Å². The SMILES string of the molecule is CCc1c[nH]c(=O)c2cc(C(C)C)ccc12. The molecule has 2 rings (SSSR count). The Labute approximate surface area is 95.3 Å². The van der Waals surface area contributed by atoms with Crippen LogP contribution in [0.3, 0.4) is 0 Å². The molecule has 1 aromatic carbocycles. The first kappa shape index (κ1) is 10.9. The molecule has 0 saturated carbocycles. The molecule has 0 fully saturated rings. The number of nitrogens with one attached hydrogen (secondary N) is 1. The molecule has 0 aliphatic rings. The molecule has 2 nitrogen and oxygen atoms in total. The molecule has 0 aliphatic heterocycles. The van der Waals surface area contributed by atoms with E-state index in [0.717, 1.165) is 17.2 Å². The standard InChI is InChI=1S/C14H17NO/c1-4-10-8-15-14(16)13-7-11(9(2)3)5-6-12(10)13/h5-9H,4H2,1-3H3,(H,15,16). The molecular formula is C14H17NO. The van der Waals surface area contributed by atoms with Gasteiger partial charge in [0.05, 0.1) is 0 Å². The molecule has 0 amide bonds. The number of rotatable bonds is 2. The van der Waals surface area contributed by atoms with E-state index in [-0.39, 0.29) is 5.56 Å². The Balaban J connectivity index is 2.78. The number of fused-ring (bicyclic) bond motifs is 1. The van der Waals surface area contributed by atoms with E-state index < -0.39 is 0 Å². The van der Waals surface area contributed by atoms with Gasteiger partial charge in [0.2, 0.25) is 0 Å². The van der Waals surface area contributed by atoms with Gasteiger partial charge in [0, 0.05) is 11.6 Å². The monoisotopic (exact) mass is 215 g/mol. The average Bonchev–Trinajstić information content (AvgIpc) is 2.29. The van der Waals surface area contributed by atoms with Crippen LogP contribution in [-0.2, 0) is 6.42 Å². The zero-order chi connectivity index (χ0) is 11.7. The molecule has 0 unspecified atom stereocenters. The Morgan fingerprint density at radius 1 is 1.25 bits per heavy atom. The van der Waals surface area contributed by atoms with Crippen molar-refractivity contribution in [2.75, 3.05) is 0 Å². The molecule has 84 valence electrons. The second-order valence-corrected chi connectivity index (χ2v) is 4.46. The highest BCUT2D eigenvalue weighted by atomic mass is 16.1. The summed E-state index contributed by atoms with van der Waals surface area (Å²) in [6.45, 7) is 6.38. The molecule has 0 atom stereocenters. The lowest BCUT2D eigenvalue weighted by Crippen LogP contribution is -2.07. The van der Waals surface area contributed by atoms with Gasteiger partial charge >= 0.3 is 0 Å². The lowest BCUT2D eigenvalue weighted by Gasteiger charge is -2.08. The molecule has 0 aliphatic carbocycles. The Kier molecular flexibility index (Phi) is 2.82. The van der Waals surface area contributed by atoms with E-state index in [9.17, 15) is 4.79 Å². The minimum absolute atomic E-state index is 0.00898. The van der Waals surface area contributed by atoms with Gasteiger partial charge in [0.15, 0.2) is 0 Å². The lowest BCUT2D eigenvalue weighted by atomic mass is 9.98. The second kappa shape index (κ2) is 4.12. The van der Waals surface area contributed by atoms with Crippen molar-refractivity contribution in [3.8, 4) is 0 Å². The number of aromatic nitrogens is 1. The van der Waals surface area contributed by atoms with Gasteiger partial charge in [-0.3, -0.25) is 4.79 Å². The van der Waals surface area contributed by atoms with Crippen LogP contribution >= 0.6 is 0 Å². The highest BCUT2D eigenvalue weighted by molar-refractivity contribution is 5.85. The smallest absolute Gasteiger partial charge is 0.255 e. The van der Waals surface area contributed by atoms with Crippen LogP contribution < -0.4 is 5.56 Å². The zero-order valence-corrected chi connectivity index (χ0v) is 10.0. The van der Waals surface area contributed by atoms with Crippen LogP contribution in [0, 0.1) is 0 Å². The first-order valence-electron chi connectivity index (χ1n) is 5.77. The van der Waals surface area contributed by atoms with Crippen LogP contribution in [0.4, 0.5) is 0 Å². The number of aromatic amines is 1. The summed E-state index contributed by atoms with van der Waals surface area (Å²) in [6, 6.07) is 6.20. The van der Waals surface area contributed by atoms with Gasteiger partial charge in [-0.05, 0) is 34.9 Å². The third-order valence-electron chi connectivity index (χ3n) is 3.06. The van der Waals surface area contributed by atoms with Crippen LogP contribution in [0.2, 0.25) is 0 Å². The fourth-order valence-corrected chi connectivity index (χ4v) is 1.99. The van der Waals surface area contributed by atoms with Gasteiger partial charge in [-0.15, -0.1) is 0 Å². The maximum absolute atomic E-state index is 11.8. The molecule has 1 aromatic heterocycles. The summed E-state index contributed by atoms with van der Waals surface area (Å²) in [5.74, 6) is 0.453. The van der Waals surface area contributed by atoms with Crippen LogP contribution in [0.15, 0.2) is 29.2 Å². The molecule has 1 heterocycles. The highest BCUT2D eigenvalue weighted by Crippen LogP contribution is 2.21. The summed E-state index contributed by atoms with van der Waals surface area (Å²) >= 11 is 0. The molecule has 0 saturated heterocycles. The predicted octanol–water partition coefficient (Wildman–Crippen LogP) is 3.21. The molecule has 2 aromatic rings. The number of benzene rings is 1. The molecule has 2 heteroatoms. The van der Waals surface area contributed by atoms with E-state index in [0.29, 0.717) is 5.92 Å². The summed E-state index contributed by atoms with van der Waals surface area (Å²) < 4.78 is 0. The third kappa shape index (κ3) is 1.75. The van der Waals surface area contributed by atoms with Gasteiger partial charge in [0.25, 0.3) is 5.56 Å².